The largest absolute Gasteiger partial charge is 0.349 e. The molecule has 0 aromatic heterocycles. The standard InChI is InChI=1S/C20H28N2O3S/c1-14-5-8-17(26(24,25)22-9-3-2-4-10-22)13-18(14)20(23)21-19-12-15-6-7-16(19)11-15/h5,8,13,15-16,19H,2-4,6-7,9-12H2,1H3,(H,21,23). The Bertz CT molecular complexity index is 799. The van der Waals surface area contributed by atoms with Gasteiger partial charge in [-0.3, -0.25) is 4.79 Å². The number of amides is 1. The first-order valence-corrected chi connectivity index (χ1v) is 11.3. The molecule has 3 aliphatic rings. The number of rotatable bonds is 4. The highest BCUT2D eigenvalue weighted by Gasteiger charge is 2.40. The third kappa shape index (κ3) is 3.29. The summed E-state index contributed by atoms with van der Waals surface area (Å²) in [5, 5.41) is 3.18. The first-order chi connectivity index (χ1) is 12.4. The van der Waals surface area contributed by atoms with E-state index in [0.29, 0.717) is 24.6 Å². The first-order valence-electron chi connectivity index (χ1n) is 9.87. The number of carbonyl (C=O) groups is 1. The minimum absolute atomic E-state index is 0.129. The Labute approximate surface area is 156 Å². The molecule has 142 valence electrons. The van der Waals surface area contributed by atoms with E-state index in [9.17, 15) is 13.2 Å². The third-order valence-electron chi connectivity index (χ3n) is 6.46. The molecule has 26 heavy (non-hydrogen) atoms. The molecule has 5 nitrogen and oxygen atoms in total. The Morgan fingerprint density at radius 1 is 1.12 bits per heavy atom. The molecule has 1 aliphatic heterocycles. The molecule has 0 spiro atoms. The lowest BCUT2D eigenvalue weighted by atomic mass is 9.95. The number of hydrogen-bond acceptors (Lipinski definition) is 3. The maximum Gasteiger partial charge on any atom is 0.251 e. The number of aryl methyl sites for hydroxylation is 1. The molecular formula is C20H28N2O3S. The fourth-order valence-corrected chi connectivity index (χ4v) is 6.47. The van der Waals surface area contributed by atoms with E-state index >= 15 is 0 Å². The van der Waals surface area contributed by atoms with Crippen molar-refractivity contribution in [3.63, 3.8) is 0 Å². The second-order valence-corrected chi connectivity index (χ2v) is 10.1. The predicted molar refractivity (Wildman–Crippen MR) is 100 cm³/mol. The van der Waals surface area contributed by atoms with Gasteiger partial charge in [0.25, 0.3) is 5.91 Å². The Morgan fingerprint density at radius 2 is 1.88 bits per heavy atom. The minimum Gasteiger partial charge on any atom is -0.349 e. The first kappa shape index (κ1) is 18.0. The maximum atomic E-state index is 12.9. The summed E-state index contributed by atoms with van der Waals surface area (Å²) in [7, 11) is -3.52. The number of benzene rings is 1. The zero-order valence-corrected chi connectivity index (χ0v) is 16.2. The van der Waals surface area contributed by atoms with Crippen LogP contribution in [0, 0.1) is 18.8 Å². The highest BCUT2D eigenvalue weighted by molar-refractivity contribution is 7.89. The van der Waals surface area contributed by atoms with E-state index in [-0.39, 0.29) is 16.8 Å². The number of nitrogens with zero attached hydrogens (tertiary/aromatic N) is 1. The van der Waals surface area contributed by atoms with E-state index in [0.717, 1.165) is 37.2 Å². The van der Waals surface area contributed by atoms with Crippen molar-refractivity contribution < 1.29 is 13.2 Å². The molecule has 3 fully saturated rings. The fraction of sp³-hybridized carbons (Fsp3) is 0.650. The number of carbonyl (C=O) groups excluding carboxylic acids is 1. The van der Waals surface area contributed by atoms with Gasteiger partial charge in [0.05, 0.1) is 4.90 Å². The molecule has 1 N–H and O–H groups in total. The molecule has 2 aliphatic carbocycles. The molecule has 2 bridgehead atoms. The minimum atomic E-state index is -3.52. The van der Waals surface area contributed by atoms with Gasteiger partial charge in [-0.15, -0.1) is 0 Å². The normalized spacial score (nSPS) is 29.0. The van der Waals surface area contributed by atoms with Crippen LogP contribution in [0.5, 0.6) is 0 Å². The molecule has 1 saturated heterocycles. The fourth-order valence-electron chi connectivity index (χ4n) is 4.93. The summed E-state index contributed by atoms with van der Waals surface area (Å²) < 4.78 is 27.4. The molecular weight excluding hydrogens is 348 g/mol. The zero-order chi connectivity index (χ0) is 18.3. The van der Waals surface area contributed by atoms with Gasteiger partial charge in [0.1, 0.15) is 0 Å². The lowest BCUT2D eigenvalue weighted by Crippen LogP contribution is -2.39. The quantitative estimate of drug-likeness (QED) is 0.878. The topological polar surface area (TPSA) is 66.5 Å². The van der Waals surface area contributed by atoms with Gasteiger partial charge in [-0.2, -0.15) is 4.31 Å². The molecule has 4 rings (SSSR count). The third-order valence-corrected chi connectivity index (χ3v) is 8.36. The Kier molecular flexibility index (Phi) is 4.82. The summed E-state index contributed by atoms with van der Waals surface area (Å²) in [6.45, 7) is 3.01. The van der Waals surface area contributed by atoms with Crippen LogP contribution in [0.2, 0.25) is 0 Å². The highest BCUT2D eigenvalue weighted by atomic mass is 32.2. The van der Waals surface area contributed by atoms with Crippen LogP contribution in [0.25, 0.3) is 0 Å². The van der Waals surface area contributed by atoms with Crippen LogP contribution in [0.4, 0.5) is 0 Å². The zero-order valence-electron chi connectivity index (χ0n) is 15.4. The molecule has 1 aromatic carbocycles. The van der Waals surface area contributed by atoms with Crippen molar-refractivity contribution in [2.45, 2.75) is 62.8 Å². The molecule has 1 heterocycles. The maximum absolute atomic E-state index is 12.9. The second kappa shape index (κ2) is 6.97. The SMILES string of the molecule is Cc1ccc(S(=O)(=O)N2CCCCC2)cc1C(=O)NC1CC2CCC1C2. The number of piperidine rings is 1. The van der Waals surface area contributed by atoms with Crippen molar-refractivity contribution in [1.82, 2.24) is 9.62 Å². The van der Waals surface area contributed by atoms with E-state index in [4.69, 9.17) is 0 Å². The van der Waals surface area contributed by atoms with Crippen LogP contribution < -0.4 is 5.32 Å². The summed E-state index contributed by atoms with van der Waals surface area (Å²) >= 11 is 0. The van der Waals surface area contributed by atoms with Gasteiger partial charge < -0.3 is 5.32 Å². The van der Waals surface area contributed by atoms with Crippen LogP contribution >= 0.6 is 0 Å². The summed E-state index contributed by atoms with van der Waals surface area (Å²) in [5.41, 5.74) is 1.31. The van der Waals surface area contributed by atoms with Gasteiger partial charge >= 0.3 is 0 Å². The average Bonchev–Trinajstić information content (AvgIpc) is 3.25. The molecule has 0 radical (unpaired) electrons. The van der Waals surface area contributed by atoms with E-state index in [1.807, 2.05) is 6.92 Å². The lowest BCUT2D eigenvalue weighted by molar-refractivity contribution is 0.0922. The molecule has 1 amide bonds. The van der Waals surface area contributed by atoms with Crippen molar-refractivity contribution in [2.75, 3.05) is 13.1 Å². The second-order valence-electron chi connectivity index (χ2n) is 8.20. The van der Waals surface area contributed by atoms with E-state index in [2.05, 4.69) is 5.32 Å². The van der Waals surface area contributed by atoms with Gasteiger partial charge in [0, 0.05) is 24.7 Å². The van der Waals surface area contributed by atoms with Gasteiger partial charge in [0.2, 0.25) is 10.0 Å². The van der Waals surface area contributed by atoms with Crippen molar-refractivity contribution >= 4 is 15.9 Å². The molecule has 2 saturated carbocycles. The predicted octanol–water partition coefficient (Wildman–Crippen LogP) is 3.09. The molecule has 3 unspecified atom stereocenters. The van der Waals surface area contributed by atoms with Gasteiger partial charge in [0.15, 0.2) is 0 Å². The van der Waals surface area contributed by atoms with Crippen molar-refractivity contribution in [2.24, 2.45) is 11.8 Å². The van der Waals surface area contributed by atoms with Crippen molar-refractivity contribution in [3.8, 4) is 0 Å². The Morgan fingerprint density at radius 3 is 2.54 bits per heavy atom. The van der Waals surface area contributed by atoms with Crippen molar-refractivity contribution in [3.05, 3.63) is 29.3 Å². The molecule has 3 atom stereocenters. The van der Waals surface area contributed by atoms with Crippen LogP contribution in [0.1, 0.15) is 60.9 Å². The average molecular weight is 377 g/mol. The van der Waals surface area contributed by atoms with Gasteiger partial charge in [-0.1, -0.05) is 18.9 Å². The van der Waals surface area contributed by atoms with Crippen LogP contribution in [0.15, 0.2) is 23.1 Å². The highest BCUT2D eigenvalue weighted by Crippen LogP contribution is 2.44. The molecule has 1 aromatic rings. The lowest BCUT2D eigenvalue weighted by Gasteiger charge is -2.26. The van der Waals surface area contributed by atoms with Gasteiger partial charge in [-0.25, -0.2) is 8.42 Å². The number of fused-ring (bicyclic) bond motifs is 2. The van der Waals surface area contributed by atoms with Gasteiger partial charge in [-0.05, 0) is 68.6 Å². The van der Waals surface area contributed by atoms with E-state index in [1.54, 1.807) is 22.5 Å². The summed E-state index contributed by atoms with van der Waals surface area (Å²) in [4.78, 5) is 13.1. The monoisotopic (exact) mass is 376 g/mol. The summed E-state index contributed by atoms with van der Waals surface area (Å²) in [5.74, 6) is 1.23. The molecule has 6 heteroatoms. The smallest absolute Gasteiger partial charge is 0.251 e. The van der Waals surface area contributed by atoms with E-state index < -0.39 is 10.0 Å². The van der Waals surface area contributed by atoms with E-state index in [1.165, 1.54) is 19.3 Å². The summed E-state index contributed by atoms with van der Waals surface area (Å²) in [6.07, 6.45) is 7.69. The van der Waals surface area contributed by atoms with Crippen LogP contribution in [-0.4, -0.2) is 37.8 Å². The number of nitrogens with one attached hydrogen (secondary N) is 1. The van der Waals surface area contributed by atoms with Crippen molar-refractivity contribution in [1.29, 1.82) is 0 Å². The number of hydrogen-bond donors (Lipinski definition) is 1. The number of sulfonamides is 1. The summed E-state index contributed by atoms with van der Waals surface area (Å²) in [6, 6.07) is 5.21. The van der Waals surface area contributed by atoms with Crippen LogP contribution in [0.3, 0.4) is 0 Å². The Hall–Kier alpha value is -1.40. The Balaban J connectivity index is 1.55. The van der Waals surface area contributed by atoms with Crippen LogP contribution in [-0.2, 0) is 10.0 Å².